The van der Waals surface area contributed by atoms with Gasteiger partial charge in [0.15, 0.2) is 11.5 Å². The number of imide groups is 1. The summed E-state index contributed by atoms with van der Waals surface area (Å²) in [7, 11) is 2.64. The molecule has 27 heavy (non-hydrogen) atoms. The Morgan fingerprint density at radius 1 is 1.26 bits per heavy atom. The number of phenolic OH excluding ortho intramolecular Hbond substituents is 1. The molecule has 3 rings (SSSR count). The third kappa shape index (κ3) is 3.68. The largest absolute Gasteiger partial charge is 0.504 e. The first-order valence-corrected chi connectivity index (χ1v) is 8.54. The molecule has 1 aromatic carbocycles. The molecule has 2 aromatic rings. The number of thioether (sulfide) groups is 1. The van der Waals surface area contributed by atoms with Crippen LogP contribution in [0.25, 0.3) is 6.08 Å². The van der Waals surface area contributed by atoms with Gasteiger partial charge in [-0.05, 0) is 36.0 Å². The van der Waals surface area contributed by atoms with Gasteiger partial charge in [0.05, 0.1) is 25.7 Å². The Hall–Kier alpha value is -3.20. The van der Waals surface area contributed by atoms with E-state index in [2.05, 4.69) is 4.74 Å². The number of amides is 2. The third-order valence-electron chi connectivity index (χ3n) is 3.77. The van der Waals surface area contributed by atoms with Gasteiger partial charge < -0.3 is 19.0 Å². The van der Waals surface area contributed by atoms with Gasteiger partial charge in [0.1, 0.15) is 5.76 Å². The molecule has 0 unspecified atom stereocenters. The number of carbonyl (C=O) groups is 3. The van der Waals surface area contributed by atoms with Gasteiger partial charge in [-0.15, -0.1) is 0 Å². The average Bonchev–Trinajstić information content (AvgIpc) is 3.23. The highest BCUT2D eigenvalue weighted by Crippen LogP contribution is 2.37. The zero-order chi connectivity index (χ0) is 19.6. The van der Waals surface area contributed by atoms with Crippen molar-refractivity contribution in [1.29, 1.82) is 0 Å². The third-order valence-corrected chi connectivity index (χ3v) is 4.68. The summed E-state index contributed by atoms with van der Waals surface area (Å²) in [5.41, 5.74) is 0.353. The Balaban J connectivity index is 1.81. The van der Waals surface area contributed by atoms with Crippen LogP contribution in [0.1, 0.15) is 21.9 Å². The smallest absolute Gasteiger partial charge is 0.373 e. The number of aromatic hydroxyl groups is 1. The summed E-state index contributed by atoms with van der Waals surface area (Å²) in [5, 5.41) is 9.65. The van der Waals surface area contributed by atoms with E-state index in [1.807, 2.05) is 0 Å². The van der Waals surface area contributed by atoms with Crippen LogP contribution >= 0.6 is 11.8 Å². The second kappa shape index (κ2) is 7.58. The van der Waals surface area contributed by atoms with Crippen molar-refractivity contribution < 1.29 is 33.4 Å². The fourth-order valence-electron chi connectivity index (χ4n) is 2.43. The quantitative estimate of drug-likeness (QED) is 0.614. The molecule has 1 aliphatic heterocycles. The fourth-order valence-corrected chi connectivity index (χ4v) is 3.26. The van der Waals surface area contributed by atoms with Crippen LogP contribution in [-0.4, -0.2) is 41.3 Å². The number of hydrogen-bond acceptors (Lipinski definition) is 8. The van der Waals surface area contributed by atoms with Crippen LogP contribution in [0.3, 0.4) is 0 Å². The second-order valence-corrected chi connectivity index (χ2v) is 6.42. The number of ether oxygens (including phenoxy) is 2. The normalized spacial score (nSPS) is 15.5. The lowest BCUT2D eigenvalue weighted by molar-refractivity contribution is -0.123. The molecule has 2 heterocycles. The molecule has 9 heteroatoms. The molecular formula is C18H15NO7S. The van der Waals surface area contributed by atoms with Crippen LogP contribution in [0.15, 0.2) is 39.7 Å². The molecule has 8 nitrogen and oxygen atoms in total. The lowest BCUT2D eigenvalue weighted by Gasteiger charge is -2.10. The van der Waals surface area contributed by atoms with E-state index < -0.39 is 17.1 Å². The molecule has 1 N–H and O–H groups in total. The predicted octanol–water partition coefficient (Wildman–Crippen LogP) is 3.02. The Labute approximate surface area is 158 Å². The maximum absolute atomic E-state index is 12.6. The first-order chi connectivity index (χ1) is 12.9. The van der Waals surface area contributed by atoms with E-state index >= 15 is 0 Å². The summed E-state index contributed by atoms with van der Waals surface area (Å²) in [6.45, 7) is -0.122. The molecule has 0 bridgehead atoms. The highest BCUT2D eigenvalue weighted by atomic mass is 32.2. The predicted molar refractivity (Wildman–Crippen MR) is 96.2 cm³/mol. The van der Waals surface area contributed by atoms with E-state index in [9.17, 15) is 19.5 Å². The Morgan fingerprint density at radius 2 is 2.04 bits per heavy atom. The maximum atomic E-state index is 12.6. The Morgan fingerprint density at radius 3 is 2.74 bits per heavy atom. The number of hydrogen-bond donors (Lipinski definition) is 1. The zero-order valence-corrected chi connectivity index (χ0v) is 15.2. The van der Waals surface area contributed by atoms with E-state index in [0.29, 0.717) is 5.56 Å². The molecule has 1 saturated heterocycles. The van der Waals surface area contributed by atoms with E-state index in [1.54, 1.807) is 18.2 Å². The molecule has 0 atom stereocenters. The maximum Gasteiger partial charge on any atom is 0.373 e. The highest BCUT2D eigenvalue weighted by Gasteiger charge is 2.36. The van der Waals surface area contributed by atoms with Gasteiger partial charge in [-0.25, -0.2) is 4.79 Å². The zero-order valence-electron chi connectivity index (χ0n) is 14.4. The van der Waals surface area contributed by atoms with Gasteiger partial charge in [-0.2, -0.15) is 0 Å². The van der Waals surface area contributed by atoms with Gasteiger partial charge in [0.2, 0.25) is 5.76 Å². The molecule has 140 valence electrons. The minimum atomic E-state index is -0.649. The Bertz CT molecular complexity index is 947. The second-order valence-electron chi connectivity index (χ2n) is 5.42. The van der Waals surface area contributed by atoms with Crippen LogP contribution in [-0.2, 0) is 16.1 Å². The number of furan rings is 1. The molecule has 2 amide bonds. The molecule has 0 saturated carbocycles. The van der Waals surface area contributed by atoms with Crippen molar-refractivity contribution in [3.63, 3.8) is 0 Å². The first-order valence-electron chi connectivity index (χ1n) is 7.73. The van der Waals surface area contributed by atoms with Crippen molar-refractivity contribution >= 4 is 35.0 Å². The van der Waals surface area contributed by atoms with Crippen molar-refractivity contribution in [2.45, 2.75) is 6.54 Å². The van der Waals surface area contributed by atoms with Crippen LogP contribution in [0.2, 0.25) is 0 Å². The summed E-state index contributed by atoms with van der Waals surface area (Å²) in [5.74, 6) is -0.791. The molecule has 0 spiro atoms. The van der Waals surface area contributed by atoms with Crippen LogP contribution in [0.4, 0.5) is 4.79 Å². The van der Waals surface area contributed by atoms with Crippen LogP contribution < -0.4 is 4.74 Å². The lowest BCUT2D eigenvalue weighted by Crippen LogP contribution is -2.27. The standard InChI is InChI=1S/C18H15NO7S/c1-24-12-5-3-4-10(15(12)20)8-14-16(21)19(18(23)27-14)9-11-6-7-13(26-11)17(22)25-2/h3-8,20H,9H2,1-2H3/b14-8-. The van der Waals surface area contributed by atoms with Crippen molar-refractivity contribution in [3.8, 4) is 11.5 Å². The fraction of sp³-hybridized carbons (Fsp3) is 0.167. The SMILES string of the molecule is COC(=O)c1ccc(CN2C(=O)S/C(=C\c3cccc(OC)c3O)C2=O)o1. The molecular weight excluding hydrogens is 374 g/mol. The summed E-state index contributed by atoms with van der Waals surface area (Å²) in [6.07, 6.45) is 1.42. The van der Waals surface area contributed by atoms with Crippen LogP contribution in [0, 0.1) is 0 Å². The minimum Gasteiger partial charge on any atom is -0.504 e. The summed E-state index contributed by atoms with van der Waals surface area (Å²) >= 11 is 0.749. The molecule has 1 aromatic heterocycles. The topological polar surface area (TPSA) is 106 Å². The van der Waals surface area contributed by atoms with E-state index in [-0.39, 0.29) is 34.5 Å². The van der Waals surface area contributed by atoms with Gasteiger partial charge in [-0.1, -0.05) is 12.1 Å². The molecule has 1 fully saturated rings. The monoisotopic (exact) mass is 389 g/mol. The number of esters is 1. The van der Waals surface area contributed by atoms with Crippen molar-refractivity contribution in [1.82, 2.24) is 4.90 Å². The number of methoxy groups -OCH3 is 2. The van der Waals surface area contributed by atoms with Crippen LogP contribution in [0.5, 0.6) is 11.5 Å². The van der Waals surface area contributed by atoms with E-state index in [4.69, 9.17) is 9.15 Å². The lowest BCUT2D eigenvalue weighted by atomic mass is 10.1. The molecule has 0 radical (unpaired) electrons. The summed E-state index contributed by atoms with van der Waals surface area (Å²) in [4.78, 5) is 37.3. The average molecular weight is 389 g/mol. The molecule has 1 aliphatic rings. The number of nitrogens with zero attached hydrogens (tertiary/aromatic N) is 1. The number of rotatable bonds is 5. The van der Waals surface area contributed by atoms with Crippen molar-refractivity contribution in [2.24, 2.45) is 0 Å². The van der Waals surface area contributed by atoms with Gasteiger partial charge in [0, 0.05) is 5.56 Å². The van der Waals surface area contributed by atoms with Gasteiger partial charge in [0.25, 0.3) is 11.1 Å². The van der Waals surface area contributed by atoms with E-state index in [0.717, 1.165) is 16.7 Å². The number of carbonyl (C=O) groups excluding carboxylic acids is 3. The Kier molecular flexibility index (Phi) is 5.22. The minimum absolute atomic E-state index is 0.0173. The highest BCUT2D eigenvalue weighted by molar-refractivity contribution is 8.18. The number of para-hydroxylation sites is 1. The summed E-state index contributed by atoms with van der Waals surface area (Å²) < 4.78 is 14.9. The van der Waals surface area contributed by atoms with Crippen molar-refractivity contribution in [2.75, 3.05) is 14.2 Å². The number of benzene rings is 1. The van der Waals surface area contributed by atoms with Crippen molar-refractivity contribution in [3.05, 3.63) is 52.3 Å². The van der Waals surface area contributed by atoms with Gasteiger partial charge >= 0.3 is 5.97 Å². The van der Waals surface area contributed by atoms with Gasteiger partial charge in [-0.3, -0.25) is 14.5 Å². The van der Waals surface area contributed by atoms with E-state index in [1.165, 1.54) is 32.4 Å². The summed E-state index contributed by atoms with van der Waals surface area (Å²) in [6, 6.07) is 7.73. The molecule has 0 aliphatic carbocycles. The first kappa shape index (κ1) is 18.6. The number of phenols is 1.